The Morgan fingerprint density at radius 1 is 1.60 bits per heavy atom. The van der Waals surface area contributed by atoms with E-state index in [1.54, 1.807) is 4.68 Å². The average molecular weight is 210 g/mol. The van der Waals surface area contributed by atoms with E-state index < -0.39 is 0 Å². The lowest BCUT2D eigenvalue weighted by molar-refractivity contribution is -0.118. The van der Waals surface area contributed by atoms with Gasteiger partial charge in [-0.25, -0.2) is 0 Å². The number of nitrogens with two attached hydrogens (primary N) is 1. The highest BCUT2D eigenvalue weighted by Crippen LogP contribution is 1.95. The predicted octanol–water partition coefficient (Wildman–Crippen LogP) is 0.165. The minimum absolute atomic E-state index is 0.222. The van der Waals surface area contributed by atoms with E-state index in [0.717, 1.165) is 31.6 Å². The summed E-state index contributed by atoms with van der Waals surface area (Å²) in [7, 11) is 1.90. The monoisotopic (exact) mass is 210 g/mol. The van der Waals surface area contributed by atoms with Gasteiger partial charge in [0.15, 0.2) is 0 Å². The Bertz CT molecular complexity index is 308. The van der Waals surface area contributed by atoms with Crippen molar-refractivity contribution >= 4 is 5.91 Å². The molecule has 3 N–H and O–H groups in total. The van der Waals surface area contributed by atoms with Crippen molar-refractivity contribution in [3.8, 4) is 0 Å². The molecule has 0 aliphatic carbocycles. The van der Waals surface area contributed by atoms with Crippen LogP contribution in [0.4, 0.5) is 0 Å². The minimum Gasteiger partial charge on any atom is -0.370 e. The van der Waals surface area contributed by atoms with Crippen LogP contribution in [0.1, 0.15) is 25.0 Å². The first-order valence-electron chi connectivity index (χ1n) is 5.16. The largest absolute Gasteiger partial charge is 0.370 e. The number of amides is 1. The van der Waals surface area contributed by atoms with Gasteiger partial charge in [0.2, 0.25) is 5.91 Å². The van der Waals surface area contributed by atoms with Gasteiger partial charge in [-0.05, 0) is 25.5 Å². The molecular weight excluding hydrogens is 192 g/mol. The second kappa shape index (κ2) is 6.19. The maximum absolute atomic E-state index is 10.4. The van der Waals surface area contributed by atoms with Crippen LogP contribution in [-0.4, -0.2) is 22.2 Å². The highest BCUT2D eigenvalue weighted by Gasteiger charge is 1.96. The van der Waals surface area contributed by atoms with E-state index in [0.29, 0.717) is 6.42 Å². The number of carbonyl (C=O) groups is 1. The highest BCUT2D eigenvalue weighted by atomic mass is 16.1. The SMILES string of the molecule is Cn1ccc(CNCCCCC(N)=O)n1. The van der Waals surface area contributed by atoms with E-state index in [9.17, 15) is 4.79 Å². The summed E-state index contributed by atoms with van der Waals surface area (Å²) in [6.07, 6.45) is 4.22. The third-order valence-electron chi connectivity index (χ3n) is 2.10. The molecule has 0 aliphatic heterocycles. The molecule has 1 aromatic heterocycles. The van der Waals surface area contributed by atoms with Crippen molar-refractivity contribution in [2.45, 2.75) is 25.8 Å². The van der Waals surface area contributed by atoms with Crippen LogP contribution in [0.25, 0.3) is 0 Å². The second-order valence-corrected chi connectivity index (χ2v) is 3.58. The van der Waals surface area contributed by atoms with Gasteiger partial charge in [-0.1, -0.05) is 0 Å². The molecule has 0 aliphatic rings. The smallest absolute Gasteiger partial charge is 0.217 e. The molecule has 5 heteroatoms. The standard InChI is InChI=1S/C10H18N4O/c1-14-7-5-9(13-14)8-12-6-3-2-4-10(11)15/h5,7,12H,2-4,6,8H2,1H3,(H2,11,15). The molecule has 0 aromatic carbocycles. The van der Waals surface area contributed by atoms with Gasteiger partial charge in [0.1, 0.15) is 0 Å². The molecular formula is C10H18N4O. The van der Waals surface area contributed by atoms with Gasteiger partial charge in [0.05, 0.1) is 5.69 Å². The second-order valence-electron chi connectivity index (χ2n) is 3.58. The predicted molar refractivity (Wildman–Crippen MR) is 58.0 cm³/mol. The molecule has 1 amide bonds. The fraction of sp³-hybridized carbons (Fsp3) is 0.600. The van der Waals surface area contributed by atoms with Crippen molar-refractivity contribution in [2.75, 3.05) is 6.54 Å². The van der Waals surface area contributed by atoms with Crippen molar-refractivity contribution in [1.29, 1.82) is 0 Å². The van der Waals surface area contributed by atoms with E-state index >= 15 is 0 Å². The van der Waals surface area contributed by atoms with E-state index in [-0.39, 0.29) is 5.91 Å². The number of aryl methyl sites for hydroxylation is 1. The van der Waals surface area contributed by atoms with Crippen molar-refractivity contribution in [1.82, 2.24) is 15.1 Å². The number of hydrogen-bond acceptors (Lipinski definition) is 3. The average Bonchev–Trinajstić information content (AvgIpc) is 2.57. The Balaban J connectivity index is 2.00. The first-order valence-corrected chi connectivity index (χ1v) is 5.16. The van der Waals surface area contributed by atoms with E-state index in [4.69, 9.17) is 5.73 Å². The summed E-state index contributed by atoms with van der Waals surface area (Å²) < 4.78 is 1.78. The molecule has 5 nitrogen and oxygen atoms in total. The number of unbranched alkanes of at least 4 members (excludes halogenated alkanes) is 1. The summed E-state index contributed by atoms with van der Waals surface area (Å²) in [5, 5.41) is 7.50. The van der Waals surface area contributed by atoms with E-state index in [1.165, 1.54) is 0 Å². The number of aromatic nitrogens is 2. The Morgan fingerprint density at radius 3 is 3.00 bits per heavy atom. The third kappa shape index (κ3) is 5.17. The molecule has 0 saturated carbocycles. The van der Waals surface area contributed by atoms with Crippen LogP contribution in [-0.2, 0) is 18.4 Å². The fourth-order valence-electron chi connectivity index (χ4n) is 1.32. The molecule has 0 fully saturated rings. The van der Waals surface area contributed by atoms with Crippen molar-refractivity contribution in [3.05, 3.63) is 18.0 Å². The molecule has 15 heavy (non-hydrogen) atoms. The molecule has 0 bridgehead atoms. The zero-order chi connectivity index (χ0) is 11.1. The number of hydrogen-bond donors (Lipinski definition) is 2. The third-order valence-corrected chi connectivity index (χ3v) is 2.10. The van der Waals surface area contributed by atoms with Crippen LogP contribution in [0.5, 0.6) is 0 Å². The first-order chi connectivity index (χ1) is 7.18. The fourth-order valence-corrected chi connectivity index (χ4v) is 1.32. The van der Waals surface area contributed by atoms with Crippen LogP contribution in [0, 0.1) is 0 Å². The Labute approximate surface area is 89.6 Å². The van der Waals surface area contributed by atoms with Crippen LogP contribution in [0.2, 0.25) is 0 Å². The summed E-state index contributed by atoms with van der Waals surface area (Å²) in [4.78, 5) is 10.4. The van der Waals surface area contributed by atoms with E-state index in [1.807, 2.05) is 19.3 Å². The molecule has 0 unspecified atom stereocenters. The maximum Gasteiger partial charge on any atom is 0.217 e. The lowest BCUT2D eigenvalue weighted by Gasteiger charge is -2.01. The Hall–Kier alpha value is -1.36. The summed E-state index contributed by atoms with van der Waals surface area (Å²) in [5.74, 6) is -0.222. The van der Waals surface area contributed by atoms with Gasteiger partial charge in [-0.3, -0.25) is 9.48 Å². The summed E-state index contributed by atoms with van der Waals surface area (Å²) in [5.41, 5.74) is 6.06. The normalized spacial score (nSPS) is 10.5. The highest BCUT2D eigenvalue weighted by molar-refractivity contribution is 5.73. The van der Waals surface area contributed by atoms with Crippen LogP contribution in [0.3, 0.4) is 0 Å². The molecule has 0 spiro atoms. The number of rotatable bonds is 7. The minimum atomic E-state index is -0.222. The van der Waals surface area contributed by atoms with Gasteiger partial charge < -0.3 is 11.1 Å². The number of carbonyl (C=O) groups excluding carboxylic acids is 1. The van der Waals surface area contributed by atoms with Crippen molar-refractivity contribution in [3.63, 3.8) is 0 Å². The maximum atomic E-state index is 10.4. The molecule has 0 saturated heterocycles. The summed E-state index contributed by atoms with van der Waals surface area (Å²) in [6.45, 7) is 1.67. The van der Waals surface area contributed by atoms with Crippen molar-refractivity contribution in [2.24, 2.45) is 12.8 Å². The lowest BCUT2D eigenvalue weighted by Crippen LogP contribution is -2.16. The van der Waals surface area contributed by atoms with Crippen LogP contribution >= 0.6 is 0 Å². The molecule has 84 valence electrons. The zero-order valence-electron chi connectivity index (χ0n) is 9.07. The van der Waals surface area contributed by atoms with Gasteiger partial charge in [0.25, 0.3) is 0 Å². The van der Waals surface area contributed by atoms with Crippen molar-refractivity contribution < 1.29 is 4.79 Å². The Morgan fingerprint density at radius 2 is 2.40 bits per heavy atom. The Kier molecular flexibility index (Phi) is 4.83. The van der Waals surface area contributed by atoms with Crippen LogP contribution < -0.4 is 11.1 Å². The topological polar surface area (TPSA) is 72.9 Å². The van der Waals surface area contributed by atoms with Crippen LogP contribution in [0.15, 0.2) is 12.3 Å². The lowest BCUT2D eigenvalue weighted by atomic mass is 10.2. The summed E-state index contributed by atoms with van der Waals surface area (Å²) >= 11 is 0. The molecule has 0 radical (unpaired) electrons. The molecule has 1 heterocycles. The first kappa shape index (κ1) is 11.7. The quantitative estimate of drug-likeness (QED) is 0.630. The number of primary amides is 1. The zero-order valence-corrected chi connectivity index (χ0v) is 9.07. The molecule has 0 atom stereocenters. The molecule has 1 rings (SSSR count). The van der Waals surface area contributed by atoms with Gasteiger partial charge in [-0.2, -0.15) is 5.10 Å². The van der Waals surface area contributed by atoms with Gasteiger partial charge in [-0.15, -0.1) is 0 Å². The summed E-state index contributed by atoms with van der Waals surface area (Å²) in [6, 6.07) is 1.98. The number of nitrogens with one attached hydrogen (secondary N) is 1. The number of nitrogens with zero attached hydrogens (tertiary/aromatic N) is 2. The van der Waals surface area contributed by atoms with Gasteiger partial charge >= 0.3 is 0 Å². The van der Waals surface area contributed by atoms with Gasteiger partial charge in [0, 0.05) is 26.2 Å². The molecule has 1 aromatic rings. The van der Waals surface area contributed by atoms with E-state index in [2.05, 4.69) is 10.4 Å².